The summed E-state index contributed by atoms with van der Waals surface area (Å²) in [5.41, 5.74) is 1.16. The molecule has 0 spiro atoms. The fourth-order valence-corrected chi connectivity index (χ4v) is 3.72. The smallest absolute Gasteiger partial charge is 0.211 e. The van der Waals surface area contributed by atoms with Gasteiger partial charge in [-0.2, -0.15) is 0 Å². The van der Waals surface area contributed by atoms with Crippen LogP contribution in [0.25, 0.3) is 0 Å². The van der Waals surface area contributed by atoms with Crippen molar-refractivity contribution >= 4 is 37.6 Å². The summed E-state index contributed by atoms with van der Waals surface area (Å²) in [5, 5.41) is 4.18. The Morgan fingerprint density at radius 3 is 2.60 bits per heavy atom. The number of hydrogen-bond donors (Lipinski definition) is 1. The topological polar surface area (TPSA) is 49.4 Å². The van der Waals surface area contributed by atoms with Crippen LogP contribution in [-0.2, 0) is 16.6 Å². The van der Waals surface area contributed by atoms with Crippen LogP contribution in [0.5, 0.6) is 0 Å². The van der Waals surface area contributed by atoms with E-state index in [4.69, 9.17) is 11.6 Å². The summed E-state index contributed by atoms with van der Waals surface area (Å²) in [4.78, 5) is 0. The predicted molar refractivity (Wildman–Crippen MR) is 85.4 cm³/mol. The van der Waals surface area contributed by atoms with Gasteiger partial charge in [0.2, 0.25) is 10.0 Å². The number of nitrogens with one attached hydrogen (secondary N) is 1. The Balaban J connectivity index is 1.83. The molecule has 0 saturated carbocycles. The fraction of sp³-hybridized carbons (Fsp3) is 0.538. The highest BCUT2D eigenvalue weighted by Crippen LogP contribution is 2.23. The van der Waals surface area contributed by atoms with Gasteiger partial charge in [-0.25, -0.2) is 12.7 Å². The summed E-state index contributed by atoms with van der Waals surface area (Å²) in [6.07, 6.45) is 2.97. The average Bonchev–Trinajstić information content (AvgIpc) is 2.40. The minimum absolute atomic E-state index is 0.363. The average molecular weight is 382 g/mol. The van der Waals surface area contributed by atoms with Gasteiger partial charge in [-0.15, -0.1) is 0 Å². The molecule has 1 fully saturated rings. The second-order valence-corrected chi connectivity index (χ2v) is 8.31. The van der Waals surface area contributed by atoms with E-state index in [9.17, 15) is 8.42 Å². The quantitative estimate of drug-likeness (QED) is 0.872. The Kier molecular flexibility index (Phi) is 5.48. The third kappa shape index (κ3) is 4.43. The zero-order chi connectivity index (χ0) is 14.8. The van der Waals surface area contributed by atoms with Crippen LogP contribution >= 0.6 is 27.5 Å². The summed E-state index contributed by atoms with van der Waals surface area (Å²) in [6.45, 7) is 1.96. The molecule has 0 unspecified atom stereocenters. The fourth-order valence-electron chi connectivity index (χ4n) is 2.30. The number of sulfonamides is 1. The first kappa shape index (κ1) is 16.2. The van der Waals surface area contributed by atoms with Crippen LogP contribution in [0.2, 0.25) is 5.02 Å². The molecular formula is C13H18BrClN2O2S. The molecule has 7 heteroatoms. The van der Waals surface area contributed by atoms with Crippen molar-refractivity contribution < 1.29 is 8.42 Å². The van der Waals surface area contributed by atoms with Gasteiger partial charge in [0.1, 0.15) is 0 Å². The monoisotopic (exact) mass is 380 g/mol. The van der Waals surface area contributed by atoms with Gasteiger partial charge in [0.05, 0.1) is 11.3 Å². The van der Waals surface area contributed by atoms with E-state index in [0.29, 0.717) is 24.2 Å². The number of benzene rings is 1. The molecule has 0 aliphatic carbocycles. The summed E-state index contributed by atoms with van der Waals surface area (Å²) in [6, 6.07) is 6.23. The lowest BCUT2D eigenvalue weighted by atomic mass is 10.1. The van der Waals surface area contributed by atoms with Gasteiger partial charge < -0.3 is 5.32 Å². The van der Waals surface area contributed by atoms with E-state index < -0.39 is 10.0 Å². The van der Waals surface area contributed by atoms with Gasteiger partial charge in [0, 0.05) is 30.1 Å². The van der Waals surface area contributed by atoms with Crippen molar-refractivity contribution in [3.63, 3.8) is 0 Å². The zero-order valence-electron chi connectivity index (χ0n) is 11.3. The van der Waals surface area contributed by atoms with Crippen LogP contribution in [-0.4, -0.2) is 38.1 Å². The van der Waals surface area contributed by atoms with E-state index in [1.165, 1.54) is 6.26 Å². The van der Waals surface area contributed by atoms with Crippen molar-refractivity contribution in [1.29, 1.82) is 0 Å². The summed E-state index contributed by atoms with van der Waals surface area (Å²) in [5.74, 6) is 0. The normalized spacial score (nSPS) is 18.4. The van der Waals surface area contributed by atoms with E-state index in [-0.39, 0.29) is 0 Å². The maximum atomic E-state index is 11.4. The van der Waals surface area contributed by atoms with Crippen LogP contribution < -0.4 is 5.32 Å². The van der Waals surface area contributed by atoms with E-state index in [1.807, 2.05) is 18.2 Å². The van der Waals surface area contributed by atoms with Crippen LogP contribution in [0.3, 0.4) is 0 Å². The van der Waals surface area contributed by atoms with E-state index in [1.54, 1.807) is 4.31 Å². The second kappa shape index (κ2) is 6.75. The molecule has 1 saturated heterocycles. The van der Waals surface area contributed by atoms with Crippen molar-refractivity contribution in [3.8, 4) is 0 Å². The Hall–Kier alpha value is -0.140. The summed E-state index contributed by atoms with van der Waals surface area (Å²) < 4.78 is 25.3. The Morgan fingerprint density at radius 2 is 2.05 bits per heavy atom. The van der Waals surface area contributed by atoms with Crippen molar-refractivity contribution in [2.45, 2.75) is 25.4 Å². The lowest BCUT2D eigenvalue weighted by molar-refractivity contribution is 0.290. The molecule has 1 aromatic carbocycles. The first-order valence-electron chi connectivity index (χ1n) is 6.48. The first-order chi connectivity index (χ1) is 9.36. The van der Waals surface area contributed by atoms with Crippen molar-refractivity contribution in [2.24, 2.45) is 0 Å². The van der Waals surface area contributed by atoms with Gasteiger partial charge in [0.25, 0.3) is 0 Å². The third-order valence-electron chi connectivity index (χ3n) is 3.50. The Bertz CT molecular complexity index is 572. The lowest BCUT2D eigenvalue weighted by Crippen LogP contribution is -2.44. The highest BCUT2D eigenvalue weighted by atomic mass is 79.9. The SMILES string of the molecule is CS(=O)(=O)N1CCC(NCc2ccc(Cl)c(Br)c2)CC1. The van der Waals surface area contributed by atoms with Crippen LogP contribution in [0.15, 0.2) is 22.7 Å². The van der Waals surface area contributed by atoms with Gasteiger partial charge in [-0.1, -0.05) is 17.7 Å². The summed E-state index contributed by atoms with van der Waals surface area (Å²) in [7, 11) is -3.04. The first-order valence-corrected chi connectivity index (χ1v) is 9.50. The molecule has 112 valence electrons. The van der Waals surface area contributed by atoms with E-state index in [2.05, 4.69) is 21.2 Å². The molecule has 0 atom stereocenters. The second-order valence-electron chi connectivity index (χ2n) is 5.07. The maximum absolute atomic E-state index is 11.4. The number of piperidine rings is 1. The molecule has 4 nitrogen and oxygen atoms in total. The molecule has 1 heterocycles. The van der Waals surface area contributed by atoms with Crippen LogP contribution in [0.4, 0.5) is 0 Å². The minimum atomic E-state index is -3.04. The zero-order valence-corrected chi connectivity index (χ0v) is 14.4. The van der Waals surface area contributed by atoms with Crippen LogP contribution in [0.1, 0.15) is 18.4 Å². The third-order valence-corrected chi connectivity index (χ3v) is 6.02. The standard InChI is InChI=1S/C13H18BrClN2O2S/c1-20(18,19)17-6-4-11(5-7-17)16-9-10-2-3-13(15)12(14)8-10/h2-3,8,11,16H,4-7,9H2,1H3. The van der Waals surface area contributed by atoms with Gasteiger partial charge in [-0.05, 0) is 46.5 Å². The molecule has 0 aromatic heterocycles. The highest BCUT2D eigenvalue weighted by molar-refractivity contribution is 9.10. The Labute approximate surface area is 133 Å². The molecule has 1 aromatic rings. The molecule has 2 rings (SSSR count). The lowest BCUT2D eigenvalue weighted by Gasteiger charge is -2.30. The molecule has 0 radical (unpaired) electrons. The Morgan fingerprint density at radius 1 is 1.40 bits per heavy atom. The molecular weight excluding hydrogens is 364 g/mol. The number of nitrogens with zero attached hydrogens (tertiary/aromatic N) is 1. The van der Waals surface area contributed by atoms with E-state index in [0.717, 1.165) is 29.4 Å². The number of hydrogen-bond acceptors (Lipinski definition) is 3. The van der Waals surface area contributed by atoms with E-state index >= 15 is 0 Å². The van der Waals surface area contributed by atoms with Gasteiger partial charge in [0.15, 0.2) is 0 Å². The summed E-state index contributed by atoms with van der Waals surface area (Å²) >= 11 is 9.37. The molecule has 0 bridgehead atoms. The molecule has 0 amide bonds. The molecule has 1 aliphatic heterocycles. The van der Waals surface area contributed by atoms with Crippen molar-refractivity contribution in [2.75, 3.05) is 19.3 Å². The molecule has 1 aliphatic rings. The minimum Gasteiger partial charge on any atom is -0.310 e. The molecule has 20 heavy (non-hydrogen) atoms. The van der Waals surface area contributed by atoms with Crippen molar-refractivity contribution in [3.05, 3.63) is 33.3 Å². The van der Waals surface area contributed by atoms with Gasteiger partial charge >= 0.3 is 0 Å². The predicted octanol–water partition coefficient (Wildman–Crippen LogP) is 2.62. The van der Waals surface area contributed by atoms with Crippen LogP contribution in [0, 0.1) is 0 Å². The largest absolute Gasteiger partial charge is 0.310 e. The van der Waals surface area contributed by atoms with Crippen molar-refractivity contribution in [1.82, 2.24) is 9.62 Å². The maximum Gasteiger partial charge on any atom is 0.211 e. The highest BCUT2D eigenvalue weighted by Gasteiger charge is 2.24. The number of rotatable bonds is 4. The van der Waals surface area contributed by atoms with Gasteiger partial charge in [-0.3, -0.25) is 0 Å². The number of halogens is 2. The molecule has 1 N–H and O–H groups in total.